The number of piperazine rings is 1. The number of rotatable bonds is 4. The van der Waals surface area contributed by atoms with E-state index < -0.39 is 0 Å². The molecule has 0 radical (unpaired) electrons. The fourth-order valence-corrected chi connectivity index (χ4v) is 3.21. The van der Waals surface area contributed by atoms with Crippen LogP contribution in [0.2, 0.25) is 0 Å². The molecule has 1 aliphatic rings. The maximum absolute atomic E-state index is 10.8. The van der Waals surface area contributed by atoms with Gasteiger partial charge in [-0.25, -0.2) is 4.98 Å². The molecule has 0 saturated carbocycles. The van der Waals surface area contributed by atoms with Crippen LogP contribution in [0.4, 0.5) is 5.13 Å². The third-order valence-electron chi connectivity index (χ3n) is 3.19. The number of anilines is 1. The summed E-state index contributed by atoms with van der Waals surface area (Å²) in [5, 5.41) is 0.999. The van der Waals surface area contributed by atoms with Gasteiger partial charge in [-0.3, -0.25) is 9.69 Å². The molecule has 2 heterocycles. The van der Waals surface area contributed by atoms with Gasteiger partial charge < -0.3 is 4.90 Å². The largest absolute Gasteiger partial charge is 0.346 e. The number of carbonyl (C=O) groups is 1. The molecule has 0 N–H and O–H groups in total. The van der Waals surface area contributed by atoms with E-state index >= 15 is 0 Å². The van der Waals surface area contributed by atoms with Crippen molar-refractivity contribution >= 4 is 22.8 Å². The van der Waals surface area contributed by atoms with Crippen LogP contribution in [0.15, 0.2) is 0 Å². The van der Waals surface area contributed by atoms with E-state index in [-0.39, 0.29) is 0 Å². The second kappa shape index (κ2) is 5.80. The van der Waals surface area contributed by atoms with Gasteiger partial charge in [-0.15, -0.1) is 0 Å². The van der Waals surface area contributed by atoms with E-state index in [1.165, 1.54) is 17.9 Å². The lowest BCUT2D eigenvalue weighted by molar-refractivity contribution is 0.112. The molecule has 0 atom stereocenters. The summed E-state index contributed by atoms with van der Waals surface area (Å²) in [7, 11) is 0. The van der Waals surface area contributed by atoms with E-state index in [1.54, 1.807) is 0 Å². The molecular formula is C13H21N3OS. The van der Waals surface area contributed by atoms with Crippen LogP contribution in [0, 0.1) is 12.8 Å². The SMILES string of the molecule is Cc1nc(N2CCN(CC(C)C)CC2)sc1C=O. The fourth-order valence-electron chi connectivity index (χ4n) is 2.28. The normalized spacial score (nSPS) is 17.4. The molecule has 4 nitrogen and oxygen atoms in total. The van der Waals surface area contributed by atoms with E-state index in [0.29, 0.717) is 0 Å². The number of aryl methyl sites for hydroxylation is 1. The van der Waals surface area contributed by atoms with Crippen LogP contribution in [0.3, 0.4) is 0 Å². The summed E-state index contributed by atoms with van der Waals surface area (Å²) in [6.45, 7) is 11.8. The van der Waals surface area contributed by atoms with Crippen molar-refractivity contribution in [1.29, 1.82) is 0 Å². The van der Waals surface area contributed by atoms with Crippen molar-refractivity contribution in [2.24, 2.45) is 5.92 Å². The van der Waals surface area contributed by atoms with Gasteiger partial charge in [0, 0.05) is 32.7 Å². The molecule has 18 heavy (non-hydrogen) atoms. The summed E-state index contributed by atoms with van der Waals surface area (Å²) >= 11 is 1.51. The van der Waals surface area contributed by atoms with Crippen LogP contribution in [-0.2, 0) is 0 Å². The molecule has 1 aliphatic heterocycles. The Morgan fingerprint density at radius 1 is 1.33 bits per heavy atom. The molecule has 0 unspecified atom stereocenters. The lowest BCUT2D eigenvalue weighted by Gasteiger charge is -2.35. The van der Waals surface area contributed by atoms with Crippen molar-refractivity contribution in [1.82, 2.24) is 9.88 Å². The van der Waals surface area contributed by atoms with Gasteiger partial charge in [-0.1, -0.05) is 25.2 Å². The maximum Gasteiger partial charge on any atom is 0.186 e. The number of hydrogen-bond acceptors (Lipinski definition) is 5. The molecule has 0 aliphatic carbocycles. The highest BCUT2D eigenvalue weighted by Gasteiger charge is 2.20. The third-order valence-corrected chi connectivity index (χ3v) is 4.34. The van der Waals surface area contributed by atoms with E-state index in [4.69, 9.17) is 0 Å². The maximum atomic E-state index is 10.8. The Labute approximate surface area is 113 Å². The predicted octanol–water partition coefficient (Wildman–Crippen LogP) is 2.04. The first kappa shape index (κ1) is 13.5. The summed E-state index contributed by atoms with van der Waals surface area (Å²) in [6, 6.07) is 0. The monoisotopic (exact) mass is 267 g/mol. The van der Waals surface area contributed by atoms with Crippen molar-refractivity contribution in [3.05, 3.63) is 10.6 Å². The minimum Gasteiger partial charge on any atom is -0.346 e. The Morgan fingerprint density at radius 2 is 2.00 bits per heavy atom. The molecule has 0 amide bonds. The van der Waals surface area contributed by atoms with Gasteiger partial charge in [0.25, 0.3) is 0 Å². The van der Waals surface area contributed by atoms with Crippen molar-refractivity contribution in [2.75, 3.05) is 37.6 Å². The Balaban J connectivity index is 1.94. The van der Waals surface area contributed by atoms with Crippen LogP contribution >= 0.6 is 11.3 Å². The van der Waals surface area contributed by atoms with Gasteiger partial charge in [-0.05, 0) is 12.8 Å². The van der Waals surface area contributed by atoms with Gasteiger partial charge in [0.2, 0.25) is 0 Å². The quantitative estimate of drug-likeness (QED) is 0.782. The molecule has 2 rings (SSSR count). The summed E-state index contributed by atoms with van der Waals surface area (Å²) < 4.78 is 0. The average molecular weight is 267 g/mol. The molecular weight excluding hydrogens is 246 g/mol. The van der Waals surface area contributed by atoms with Gasteiger partial charge >= 0.3 is 0 Å². The smallest absolute Gasteiger partial charge is 0.186 e. The third kappa shape index (κ3) is 3.09. The number of thiazole rings is 1. The second-order valence-corrected chi connectivity index (χ2v) is 6.25. The zero-order valence-corrected chi connectivity index (χ0v) is 12.2. The highest BCUT2D eigenvalue weighted by molar-refractivity contribution is 7.17. The summed E-state index contributed by atoms with van der Waals surface area (Å²) in [5.74, 6) is 0.723. The van der Waals surface area contributed by atoms with Crippen molar-refractivity contribution in [3.8, 4) is 0 Å². The van der Waals surface area contributed by atoms with Crippen LogP contribution in [0.5, 0.6) is 0 Å². The molecule has 1 aromatic rings. The zero-order valence-electron chi connectivity index (χ0n) is 11.3. The van der Waals surface area contributed by atoms with Gasteiger partial charge in [0.05, 0.1) is 10.6 Å². The van der Waals surface area contributed by atoms with Crippen molar-refractivity contribution in [3.63, 3.8) is 0 Å². The molecule has 0 spiro atoms. The van der Waals surface area contributed by atoms with Crippen LogP contribution in [-0.4, -0.2) is 48.9 Å². The summed E-state index contributed by atoms with van der Waals surface area (Å²) in [6.07, 6.45) is 0.908. The standard InChI is InChI=1S/C13H21N3OS/c1-10(2)8-15-4-6-16(7-5-15)13-14-11(3)12(9-17)18-13/h9-10H,4-8H2,1-3H3. The van der Waals surface area contributed by atoms with Gasteiger partial charge in [0.1, 0.15) is 0 Å². The number of aromatic nitrogens is 1. The van der Waals surface area contributed by atoms with E-state index in [9.17, 15) is 4.79 Å². The van der Waals surface area contributed by atoms with Crippen LogP contribution in [0.25, 0.3) is 0 Å². The summed E-state index contributed by atoms with van der Waals surface area (Å²) in [4.78, 5) is 20.9. The lowest BCUT2D eigenvalue weighted by Crippen LogP contribution is -2.47. The lowest BCUT2D eigenvalue weighted by atomic mass is 10.2. The number of aldehydes is 1. The van der Waals surface area contributed by atoms with Gasteiger partial charge in [-0.2, -0.15) is 0 Å². The molecule has 1 aromatic heterocycles. The Kier molecular flexibility index (Phi) is 4.35. The molecule has 5 heteroatoms. The second-order valence-electron chi connectivity index (χ2n) is 5.25. The first-order valence-electron chi connectivity index (χ1n) is 6.50. The van der Waals surface area contributed by atoms with E-state index in [0.717, 1.165) is 54.1 Å². The Morgan fingerprint density at radius 3 is 2.50 bits per heavy atom. The van der Waals surface area contributed by atoms with Crippen LogP contribution < -0.4 is 4.90 Å². The Hall–Kier alpha value is -0.940. The molecule has 1 fully saturated rings. The van der Waals surface area contributed by atoms with E-state index in [2.05, 4.69) is 28.6 Å². The van der Waals surface area contributed by atoms with Crippen molar-refractivity contribution in [2.45, 2.75) is 20.8 Å². The average Bonchev–Trinajstić information content (AvgIpc) is 2.71. The van der Waals surface area contributed by atoms with Crippen molar-refractivity contribution < 1.29 is 4.79 Å². The Bertz CT molecular complexity index is 408. The van der Waals surface area contributed by atoms with E-state index in [1.807, 2.05) is 6.92 Å². The number of nitrogens with zero attached hydrogens (tertiary/aromatic N) is 3. The fraction of sp³-hybridized carbons (Fsp3) is 0.692. The van der Waals surface area contributed by atoms with Crippen LogP contribution in [0.1, 0.15) is 29.2 Å². The molecule has 1 saturated heterocycles. The number of hydrogen-bond donors (Lipinski definition) is 0. The van der Waals surface area contributed by atoms with Gasteiger partial charge in [0.15, 0.2) is 11.4 Å². The molecule has 0 bridgehead atoms. The number of carbonyl (C=O) groups excluding carboxylic acids is 1. The first-order valence-corrected chi connectivity index (χ1v) is 7.31. The minimum absolute atomic E-state index is 0.723. The minimum atomic E-state index is 0.723. The highest BCUT2D eigenvalue weighted by atomic mass is 32.1. The zero-order chi connectivity index (χ0) is 13.1. The molecule has 0 aromatic carbocycles. The predicted molar refractivity (Wildman–Crippen MR) is 75.7 cm³/mol. The first-order chi connectivity index (χ1) is 8.60. The summed E-state index contributed by atoms with van der Waals surface area (Å²) in [5.41, 5.74) is 0.856. The highest BCUT2D eigenvalue weighted by Crippen LogP contribution is 2.25. The topological polar surface area (TPSA) is 36.4 Å². The molecule has 100 valence electrons.